The van der Waals surface area contributed by atoms with Crippen molar-refractivity contribution in [2.45, 2.75) is 51.3 Å². The summed E-state index contributed by atoms with van der Waals surface area (Å²) >= 11 is 0. The number of rotatable bonds is 4. The van der Waals surface area contributed by atoms with Gasteiger partial charge in [-0.1, -0.05) is 20.3 Å². The predicted molar refractivity (Wildman–Crippen MR) is 66.9 cm³/mol. The molecule has 0 aromatic heterocycles. The Balaban J connectivity index is 2.02. The van der Waals surface area contributed by atoms with Gasteiger partial charge in [-0.05, 0) is 18.8 Å². The first kappa shape index (κ1) is 13.3. The number of methoxy groups -OCH3 is 1. The molecule has 2 fully saturated rings. The molecular weight excluding hydrogens is 232 g/mol. The molecule has 0 aromatic rings. The zero-order valence-corrected chi connectivity index (χ0v) is 11.3. The molecule has 102 valence electrons. The lowest BCUT2D eigenvalue weighted by Gasteiger charge is -2.45. The van der Waals surface area contributed by atoms with Gasteiger partial charge in [-0.25, -0.2) is 0 Å². The maximum atomic E-state index is 12.4. The highest BCUT2D eigenvalue weighted by atomic mass is 16.5. The number of nitrogens with zero attached hydrogens (tertiary/aromatic N) is 1. The van der Waals surface area contributed by atoms with E-state index in [1.807, 2.05) is 13.8 Å². The van der Waals surface area contributed by atoms with Crippen LogP contribution in [-0.4, -0.2) is 48.6 Å². The highest BCUT2D eigenvalue weighted by molar-refractivity contribution is 5.95. The van der Waals surface area contributed by atoms with Crippen molar-refractivity contribution in [3.63, 3.8) is 0 Å². The second-order valence-electron chi connectivity index (χ2n) is 5.38. The number of carbonyl (C=O) groups is 2. The van der Waals surface area contributed by atoms with Crippen molar-refractivity contribution >= 4 is 11.8 Å². The summed E-state index contributed by atoms with van der Waals surface area (Å²) in [7, 11) is 1.69. The van der Waals surface area contributed by atoms with Gasteiger partial charge >= 0.3 is 0 Å². The molecule has 1 saturated carbocycles. The van der Waals surface area contributed by atoms with Crippen molar-refractivity contribution in [2.75, 3.05) is 13.7 Å². The Labute approximate surface area is 108 Å². The molecule has 0 radical (unpaired) electrons. The molecule has 5 heteroatoms. The Morgan fingerprint density at radius 3 is 2.67 bits per heavy atom. The highest BCUT2D eigenvalue weighted by Crippen LogP contribution is 2.30. The molecule has 2 rings (SSSR count). The third kappa shape index (κ3) is 2.36. The lowest BCUT2D eigenvalue weighted by atomic mass is 9.85. The Kier molecular flexibility index (Phi) is 3.90. The van der Waals surface area contributed by atoms with Gasteiger partial charge in [-0.15, -0.1) is 0 Å². The Hall–Kier alpha value is -1.10. The van der Waals surface area contributed by atoms with Crippen LogP contribution in [0.15, 0.2) is 0 Å². The number of amides is 2. The molecule has 1 aliphatic carbocycles. The van der Waals surface area contributed by atoms with Crippen LogP contribution >= 0.6 is 0 Å². The van der Waals surface area contributed by atoms with Gasteiger partial charge in [0.05, 0.1) is 12.6 Å². The van der Waals surface area contributed by atoms with E-state index in [0.717, 1.165) is 19.3 Å². The average molecular weight is 254 g/mol. The minimum atomic E-state index is -0.349. The summed E-state index contributed by atoms with van der Waals surface area (Å²) in [5, 5.41) is 2.81. The number of hydrogen-bond donors (Lipinski definition) is 1. The average Bonchev–Trinajstić information content (AvgIpc) is 2.30. The maximum Gasteiger partial charge on any atom is 0.246 e. The van der Waals surface area contributed by atoms with E-state index in [2.05, 4.69) is 5.32 Å². The number of hydrogen-bond acceptors (Lipinski definition) is 3. The van der Waals surface area contributed by atoms with E-state index in [0.29, 0.717) is 0 Å². The molecule has 1 aliphatic heterocycles. The van der Waals surface area contributed by atoms with Gasteiger partial charge in [0.15, 0.2) is 0 Å². The molecule has 5 nitrogen and oxygen atoms in total. The van der Waals surface area contributed by atoms with Crippen LogP contribution in [0.5, 0.6) is 0 Å². The fourth-order valence-electron chi connectivity index (χ4n) is 2.61. The van der Waals surface area contributed by atoms with Crippen LogP contribution in [0.25, 0.3) is 0 Å². The molecule has 1 N–H and O–H groups in total. The van der Waals surface area contributed by atoms with Crippen LogP contribution < -0.4 is 5.32 Å². The van der Waals surface area contributed by atoms with Gasteiger partial charge in [-0.3, -0.25) is 9.59 Å². The van der Waals surface area contributed by atoms with Crippen molar-refractivity contribution < 1.29 is 14.3 Å². The van der Waals surface area contributed by atoms with Gasteiger partial charge in [0, 0.05) is 13.2 Å². The van der Waals surface area contributed by atoms with E-state index in [-0.39, 0.29) is 42.5 Å². The zero-order chi connectivity index (χ0) is 13.3. The van der Waals surface area contributed by atoms with Gasteiger partial charge in [-0.2, -0.15) is 0 Å². The monoisotopic (exact) mass is 254 g/mol. The third-order valence-electron chi connectivity index (χ3n) is 4.24. The quantitative estimate of drug-likeness (QED) is 0.796. The molecule has 1 saturated heterocycles. The summed E-state index contributed by atoms with van der Waals surface area (Å²) in [5.74, 6) is 0.215. The molecule has 0 spiro atoms. The topological polar surface area (TPSA) is 58.6 Å². The smallest absolute Gasteiger partial charge is 0.246 e. The second kappa shape index (κ2) is 5.26. The van der Waals surface area contributed by atoms with Crippen molar-refractivity contribution in [1.82, 2.24) is 10.2 Å². The van der Waals surface area contributed by atoms with E-state index in [1.54, 1.807) is 12.0 Å². The van der Waals surface area contributed by atoms with Crippen LogP contribution in [-0.2, 0) is 14.3 Å². The van der Waals surface area contributed by atoms with Gasteiger partial charge < -0.3 is 15.0 Å². The van der Waals surface area contributed by atoms with E-state index in [9.17, 15) is 9.59 Å². The van der Waals surface area contributed by atoms with Crippen LogP contribution in [0, 0.1) is 5.92 Å². The number of ether oxygens (including phenoxy) is 1. The van der Waals surface area contributed by atoms with Crippen LogP contribution in [0.3, 0.4) is 0 Å². The fraction of sp³-hybridized carbons (Fsp3) is 0.846. The molecule has 2 aliphatic rings. The molecular formula is C13H22N2O3. The van der Waals surface area contributed by atoms with Crippen molar-refractivity contribution in [3.8, 4) is 0 Å². The predicted octanol–water partition coefficient (Wildman–Crippen LogP) is 0.537. The van der Waals surface area contributed by atoms with E-state index >= 15 is 0 Å². The molecule has 2 unspecified atom stereocenters. The Morgan fingerprint density at radius 2 is 2.11 bits per heavy atom. The summed E-state index contributed by atoms with van der Waals surface area (Å²) < 4.78 is 5.23. The minimum Gasteiger partial charge on any atom is -0.381 e. The van der Waals surface area contributed by atoms with Gasteiger partial charge in [0.2, 0.25) is 11.8 Å². The largest absolute Gasteiger partial charge is 0.381 e. The minimum absolute atomic E-state index is 0.0410. The number of carbonyl (C=O) groups excluding carboxylic acids is 2. The second-order valence-corrected chi connectivity index (χ2v) is 5.38. The van der Waals surface area contributed by atoms with E-state index < -0.39 is 0 Å². The molecule has 1 heterocycles. The SMILES string of the molecule is CCC(C)C1NC(=O)CN(C2CC(OC)C2)C1=O. The summed E-state index contributed by atoms with van der Waals surface area (Å²) in [4.78, 5) is 25.8. The fourth-order valence-corrected chi connectivity index (χ4v) is 2.61. The van der Waals surface area contributed by atoms with Gasteiger partial charge in [0.1, 0.15) is 6.04 Å². The van der Waals surface area contributed by atoms with Crippen molar-refractivity contribution in [2.24, 2.45) is 5.92 Å². The van der Waals surface area contributed by atoms with Crippen LogP contribution in [0.4, 0.5) is 0 Å². The summed E-state index contributed by atoms with van der Waals surface area (Å²) in [5.41, 5.74) is 0. The van der Waals surface area contributed by atoms with Crippen molar-refractivity contribution in [1.29, 1.82) is 0 Å². The first-order valence-electron chi connectivity index (χ1n) is 6.69. The standard InChI is InChI=1S/C13H22N2O3/c1-4-8(2)12-13(17)15(7-11(16)14-12)9-5-10(6-9)18-3/h8-10,12H,4-7H2,1-3H3,(H,14,16). The summed E-state index contributed by atoms with van der Waals surface area (Å²) in [6.07, 6.45) is 2.83. The first-order chi connectivity index (χ1) is 8.56. The first-order valence-corrected chi connectivity index (χ1v) is 6.69. The lowest BCUT2D eigenvalue weighted by Crippen LogP contribution is -2.64. The summed E-state index contributed by atoms with van der Waals surface area (Å²) in [6.45, 7) is 4.24. The maximum absolute atomic E-state index is 12.4. The molecule has 18 heavy (non-hydrogen) atoms. The Bertz CT molecular complexity index is 339. The summed E-state index contributed by atoms with van der Waals surface area (Å²) in [6, 6.07) is -0.169. The number of nitrogens with one attached hydrogen (secondary N) is 1. The zero-order valence-electron chi connectivity index (χ0n) is 11.3. The van der Waals surface area contributed by atoms with Gasteiger partial charge in [0.25, 0.3) is 0 Å². The Morgan fingerprint density at radius 1 is 1.44 bits per heavy atom. The lowest BCUT2D eigenvalue weighted by molar-refractivity contribution is -0.153. The molecule has 2 amide bonds. The van der Waals surface area contributed by atoms with E-state index in [4.69, 9.17) is 4.74 Å². The molecule has 2 atom stereocenters. The molecule has 0 aromatic carbocycles. The van der Waals surface area contributed by atoms with Crippen LogP contribution in [0.2, 0.25) is 0 Å². The van der Waals surface area contributed by atoms with Crippen molar-refractivity contribution in [3.05, 3.63) is 0 Å². The molecule has 0 bridgehead atoms. The highest BCUT2D eigenvalue weighted by Gasteiger charge is 2.43. The third-order valence-corrected chi connectivity index (χ3v) is 4.24. The van der Waals surface area contributed by atoms with E-state index in [1.165, 1.54) is 0 Å². The number of piperazine rings is 1. The van der Waals surface area contributed by atoms with Crippen LogP contribution in [0.1, 0.15) is 33.1 Å². The normalized spacial score (nSPS) is 33.9.